The van der Waals surface area contributed by atoms with Crippen molar-refractivity contribution < 1.29 is 9.26 Å². The van der Waals surface area contributed by atoms with E-state index < -0.39 is 0 Å². The van der Waals surface area contributed by atoms with Gasteiger partial charge in [-0.1, -0.05) is 4.74 Å². The highest BCUT2D eigenvalue weighted by Gasteiger charge is 2.03. The van der Waals surface area contributed by atoms with E-state index in [0.29, 0.717) is 6.04 Å². The molecular weight excluding hydrogens is 104 g/mol. The predicted octanol–water partition coefficient (Wildman–Crippen LogP) is 0.543. The normalized spacial score (nSPS) is 10.4. The number of nitrogens with zero attached hydrogens (tertiary/aromatic N) is 2. The van der Waals surface area contributed by atoms with Crippen LogP contribution in [0.1, 0.15) is 19.9 Å². The molecule has 1 rings (SSSR count). The summed E-state index contributed by atoms with van der Waals surface area (Å²) < 4.78 is 6.58. The lowest BCUT2D eigenvalue weighted by Crippen LogP contribution is -2.32. The van der Waals surface area contributed by atoms with Gasteiger partial charge in [0.2, 0.25) is 0 Å². The summed E-state index contributed by atoms with van der Waals surface area (Å²) in [4.78, 5) is 3.74. The average Bonchev–Trinajstić information content (AvgIpc) is 2.12. The minimum Gasteiger partial charge on any atom is -0.262 e. The maximum absolute atomic E-state index is 4.90. The van der Waals surface area contributed by atoms with Crippen LogP contribution in [0.25, 0.3) is 0 Å². The molecule has 0 saturated carbocycles. The van der Waals surface area contributed by atoms with Crippen molar-refractivity contribution in [1.29, 1.82) is 0 Å². The van der Waals surface area contributed by atoms with Crippen LogP contribution >= 0.6 is 0 Å². The first-order valence-corrected chi connectivity index (χ1v) is 2.61. The molecule has 1 aromatic rings. The van der Waals surface area contributed by atoms with Gasteiger partial charge in [0.25, 0.3) is 0 Å². The summed E-state index contributed by atoms with van der Waals surface area (Å²) in [6.45, 7) is 4.07. The standard InChI is InChI=1S/C5H9N2O/c1-5(2)7-3-6-4-8-7/h3-5H,1-2H3/q+1. The van der Waals surface area contributed by atoms with E-state index >= 15 is 0 Å². The Hall–Kier alpha value is -0.860. The molecule has 0 atom stereocenters. The third-order valence-electron chi connectivity index (χ3n) is 0.919. The van der Waals surface area contributed by atoms with Crippen LogP contribution in [0.2, 0.25) is 0 Å². The molecule has 0 aliphatic rings. The Morgan fingerprint density at radius 2 is 2.38 bits per heavy atom. The lowest BCUT2D eigenvalue weighted by Gasteiger charge is -1.90. The molecule has 8 heavy (non-hydrogen) atoms. The van der Waals surface area contributed by atoms with Crippen LogP contribution in [0, 0.1) is 0 Å². The molecule has 3 nitrogen and oxygen atoms in total. The zero-order valence-electron chi connectivity index (χ0n) is 5.03. The fourth-order valence-electron chi connectivity index (χ4n) is 0.457. The van der Waals surface area contributed by atoms with Crippen molar-refractivity contribution in [1.82, 2.24) is 4.98 Å². The Kier molecular flexibility index (Phi) is 1.28. The van der Waals surface area contributed by atoms with Gasteiger partial charge >= 0.3 is 12.7 Å². The van der Waals surface area contributed by atoms with E-state index in [9.17, 15) is 0 Å². The minimum atomic E-state index is 0.373. The monoisotopic (exact) mass is 113 g/mol. The Morgan fingerprint density at radius 3 is 2.62 bits per heavy atom. The van der Waals surface area contributed by atoms with Gasteiger partial charge < -0.3 is 0 Å². The second-order valence-corrected chi connectivity index (χ2v) is 1.93. The van der Waals surface area contributed by atoms with Crippen molar-refractivity contribution in [3.63, 3.8) is 0 Å². The molecule has 0 spiro atoms. The third kappa shape index (κ3) is 0.857. The molecular formula is C5H9N2O+. The molecule has 0 saturated heterocycles. The molecule has 0 aliphatic heterocycles. The molecule has 0 aliphatic carbocycles. The molecule has 44 valence electrons. The second-order valence-electron chi connectivity index (χ2n) is 1.93. The zero-order chi connectivity index (χ0) is 5.98. The summed E-state index contributed by atoms with van der Waals surface area (Å²) in [7, 11) is 0. The summed E-state index contributed by atoms with van der Waals surface area (Å²) in [6.07, 6.45) is 3.07. The fraction of sp³-hybridized carbons (Fsp3) is 0.600. The Balaban J connectivity index is 2.77. The first kappa shape index (κ1) is 5.28. The zero-order valence-corrected chi connectivity index (χ0v) is 5.03. The summed E-state index contributed by atoms with van der Waals surface area (Å²) >= 11 is 0. The first-order chi connectivity index (χ1) is 3.80. The van der Waals surface area contributed by atoms with Gasteiger partial charge in [-0.05, 0) is 18.8 Å². The van der Waals surface area contributed by atoms with Gasteiger partial charge in [0.05, 0.1) is 0 Å². The molecule has 0 amide bonds. The number of rotatable bonds is 1. The molecule has 0 bridgehead atoms. The van der Waals surface area contributed by atoms with Gasteiger partial charge in [-0.15, -0.1) is 0 Å². The SMILES string of the molecule is CC(C)[n+]1cnco1. The highest BCUT2D eigenvalue weighted by Crippen LogP contribution is 1.86. The Labute approximate surface area is 47.9 Å². The van der Waals surface area contributed by atoms with Crippen molar-refractivity contribution in [3.8, 4) is 0 Å². The second kappa shape index (κ2) is 1.94. The summed E-state index contributed by atoms with van der Waals surface area (Å²) in [6, 6.07) is 0.373. The van der Waals surface area contributed by atoms with Gasteiger partial charge in [0.15, 0.2) is 0 Å². The molecule has 0 radical (unpaired) electrons. The van der Waals surface area contributed by atoms with Crippen LogP contribution in [0.3, 0.4) is 0 Å². The maximum Gasteiger partial charge on any atom is 0.341 e. The highest BCUT2D eigenvalue weighted by atomic mass is 16.5. The third-order valence-corrected chi connectivity index (χ3v) is 0.919. The molecule has 0 aromatic carbocycles. The Bertz CT molecular complexity index is 145. The van der Waals surface area contributed by atoms with Crippen molar-refractivity contribution in [2.45, 2.75) is 19.9 Å². The molecule has 0 fully saturated rings. The van der Waals surface area contributed by atoms with Gasteiger partial charge in [-0.3, -0.25) is 4.52 Å². The van der Waals surface area contributed by atoms with Crippen LogP contribution in [-0.4, -0.2) is 4.98 Å². The van der Waals surface area contributed by atoms with E-state index in [1.54, 1.807) is 11.1 Å². The maximum atomic E-state index is 4.90. The molecule has 1 heterocycles. The van der Waals surface area contributed by atoms with Crippen LogP contribution in [0.15, 0.2) is 17.2 Å². The molecule has 1 aromatic heterocycles. The van der Waals surface area contributed by atoms with E-state index in [4.69, 9.17) is 4.52 Å². The van der Waals surface area contributed by atoms with Crippen LogP contribution in [-0.2, 0) is 0 Å². The smallest absolute Gasteiger partial charge is 0.262 e. The highest BCUT2D eigenvalue weighted by molar-refractivity contribution is 4.31. The Morgan fingerprint density at radius 1 is 1.62 bits per heavy atom. The van der Waals surface area contributed by atoms with Crippen molar-refractivity contribution in [2.24, 2.45) is 0 Å². The van der Waals surface area contributed by atoms with Gasteiger partial charge in [-0.2, -0.15) is 0 Å². The van der Waals surface area contributed by atoms with E-state index in [-0.39, 0.29) is 0 Å². The van der Waals surface area contributed by atoms with Crippen LogP contribution in [0.5, 0.6) is 0 Å². The molecule has 3 heteroatoms. The van der Waals surface area contributed by atoms with E-state index in [0.717, 1.165) is 0 Å². The largest absolute Gasteiger partial charge is 0.341 e. The summed E-state index contributed by atoms with van der Waals surface area (Å²) in [5.41, 5.74) is 0. The number of aromatic nitrogens is 2. The minimum absolute atomic E-state index is 0.373. The van der Waals surface area contributed by atoms with Crippen LogP contribution < -0.4 is 4.74 Å². The van der Waals surface area contributed by atoms with Crippen molar-refractivity contribution in [3.05, 3.63) is 12.7 Å². The fourth-order valence-corrected chi connectivity index (χ4v) is 0.457. The average molecular weight is 113 g/mol. The number of hydrogen-bond acceptors (Lipinski definition) is 2. The number of hydrogen-bond donors (Lipinski definition) is 0. The van der Waals surface area contributed by atoms with Gasteiger partial charge in [0.1, 0.15) is 6.04 Å². The molecule has 0 unspecified atom stereocenters. The van der Waals surface area contributed by atoms with Crippen LogP contribution in [0.4, 0.5) is 0 Å². The van der Waals surface area contributed by atoms with E-state index in [2.05, 4.69) is 4.98 Å². The summed E-state index contributed by atoms with van der Waals surface area (Å²) in [5.74, 6) is 0. The van der Waals surface area contributed by atoms with Gasteiger partial charge in [0, 0.05) is 0 Å². The molecule has 0 N–H and O–H groups in total. The van der Waals surface area contributed by atoms with Crippen molar-refractivity contribution in [2.75, 3.05) is 0 Å². The quantitative estimate of drug-likeness (QED) is 0.497. The van der Waals surface area contributed by atoms with E-state index in [1.165, 1.54) is 6.39 Å². The topological polar surface area (TPSA) is 29.9 Å². The predicted molar refractivity (Wildman–Crippen MR) is 27.1 cm³/mol. The summed E-state index contributed by atoms with van der Waals surface area (Å²) in [5, 5.41) is 0. The first-order valence-electron chi connectivity index (χ1n) is 2.61. The van der Waals surface area contributed by atoms with E-state index in [1.807, 2.05) is 13.8 Å². The van der Waals surface area contributed by atoms with Crippen molar-refractivity contribution >= 4 is 0 Å². The van der Waals surface area contributed by atoms with Gasteiger partial charge in [-0.25, -0.2) is 0 Å². The lowest BCUT2D eigenvalue weighted by molar-refractivity contribution is -0.878. The lowest BCUT2D eigenvalue weighted by atomic mass is 10.4.